The molecule has 3 fully saturated rings. The van der Waals surface area contributed by atoms with E-state index in [9.17, 15) is 13.2 Å². The second kappa shape index (κ2) is 6.74. The molecule has 0 radical (unpaired) electrons. The van der Waals surface area contributed by atoms with E-state index in [4.69, 9.17) is 11.6 Å². The molecule has 5 rings (SSSR count). The molecular formula is C20H21ClF3N5. The Balaban J connectivity index is 1.40. The highest BCUT2D eigenvalue weighted by Gasteiger charge is 2.42. The average Bonchev–Trinajstić information content (AvgIpc) is 3.32. The summed E-state index contributed by atoms with van der Waals surface area (Å²) in [6.45, 7) is 2.12. The maximum Gasteiger partial charge on any atom is 0.420 e. The summed E-state index contributed by atoms with van der Waals surface area (Å²) < 4.78 is 38.6. The van der Waals surface area contributed by atoms with Gasteiger partial charge >= 0.3 is 6.18 Å². The van der Waals surface area contributed by atoms with Gasteiger partial charge in [0.2, 0.25) is 5.95 Å². The topological polar surface area (TPSA) is 44.3 Å². The van der Waals surface area contributed by atoms with Crippen LogP contribution in [0, 0.1) is 0 Å². The van der Waals surface area contributed by atoms with Gasteiger partial charge in [-0.1, -0.05) is 11.6 Å². The van der Waals surface area contributed by atoms with Crippen molar-refractivity contribution in [1.29, 1.82) is 0 Å². The number of hydrogen-bond donors (Lipinski definition) is 1. The first kappa shape index (κ1) is 18.9. The largest absolute Gasteiger partial charge is 0.420 e. The zero-order valence-electron chi connectivity index (χ0n) is 15.9. The van der Waals surface area contributed by atoms with E-state index in [1.54, 1.807) is 0 Å². The van der Waals surface area contributed by atoms with Crippen molar-refractivity contribution in [3.63, 3.8) is 0 Å². The molecule has 1 aromatic carbocycles. The van der Waals surface area contributed by atoms with E-state index in [-0.39, 0.29) is 5.95 Å². The summed E-state index contributed by atoms with van der Waals surface area (Å²) in [5, 5.41) is 2.47. The van der Waals surface area contributed by atoms with E-state index in [1.807, 2.05) is 6.07 Å². The van der Waals surface area contributed by atoms with E-state index in [0.29, 0.717) is 18.0 Å². The Morgan fingerprint density at radius 2 is 1.97 bits per heavy atom. The third kappa shape index (κ3) is 3.53. The predicted octanol–water partition coefficient (Wildman–Crippen LogP) is 4.66. The second-order valence-corrected chi connectivity index (χ2v) is 8.56. The lowest BCUT2D eigenvalue weighted by molar-refractivity contribution is -0.137. The van der Waals surface area contributed by atoms with Gasteiger partial charge in [0.1, 0.15) is 10.7 Å². The molecule has 5 nitrogen and oxygen atoms in total. The summed E-state index contributed by atoms with van der Waals surface area (Å²) in [6, 6.07) is 7.43. The van der Waals surface area contributed by atoms with Crippen molar-refractivity contribution >= 4 is 28.9 Å². The Morgan fingerprint density at radius 3 is 2.55 bits per heavy atom. The highest BCUT2D eigenvalue weighted by molar-refractivity contribution is 6.30. The number of likely N-dealkylation sites (N-methyl/N-ethyl adjacent to an activating group) is 1. The number of fused-ring (bicyclic) bond motifs is 2. The number of hydrogen-bond acceptors (Lipinski definition) is 5. The molecule has 0 spiro atoms. The van der Waals surface area contributed by atoms with Gasteiger partial charge in [-0.25, -0.2) is 9.97 Å². The smallest absolute Gasteiger partial charge is 0.366 e. The van der Waals surface area contributed by atoms with Gasteiger partial charge in [0.05, 0.1) is 0 Å². The van der Waals surface area contributed by atoms with E-state index < -0.39 is 16.9 Å². The summed E-state index contributed by atoms with van der Waals surface area (Å²) in [5.74, 6) is 0.532. The minimum atomic E-state index is -4.57. The Hall–Kier alpha value is -2.06. The van der Waals surface area contributed by atoms with Gasteiger partial charge in [-0.3, -0.25) is 4.90 Å². The minimum absolute atomic E-state index is 0.0690. The van der Waals surface area contributed by atoms with Crippen LogP contribution in [-0.2, 0) is 6.18 Å². The van der Waals surface area contributed by atoms with Crippen molar-refractivity contribution in [2.45, 2.75) is 43.4 Å². The molecule has 0 amide bonds. The average molecular weight is 424 g/mol. The number of alkyl halides is 3. The molecule has 154 valence electrons. The number of nitrogens with zero attached hydrogens (tertiary/aromatic N) is 4. The fraction of sp³-hybridized carbons (Fsp3) is 0.500. The Labute approximate surface area is 171 Å². The summed E-state index contributed by atoms with van der Waals surface area (Å²) in [7, 11) is 2.18. The SMILES string of the molecule is CN1C[C@@H]2C[C@H]1CN2c1ccc(Nc2ncc(C(F)(F)F)c(Cl)n2)c(C2CC2)c1. The van der Waals surface area contributed by atoms with Gasteiger partial charge in [0.15, 0.2) is 0 Å². The molecule has 2 aliphatic heterocycles. The second-order valence-electron chi connectivity index (χ2n) is 8.20. The number of aromatic nitrogens is 2. The lowest BCUT2D eigenvalue weighted by atomic mass is 10.1. The number of piperazine rings is 1. The third-order valence-corrected chi connectivity index (χ3v) is 6.48. The zero-order chi connectivity index (χ0) is 20.3. The number of nitrogens with one attached hydrogen (secondary N) is 1. The van der Waals surface area contributed by atoms with Crippen LogP contribution in [0.2, 0.25) is 5.15 Å². The first-order valence-corrected chi connectivity index (χ1v) is 10.1. The van der Waals surface area contributed by atoms with Gasteiger partial charge in [-0.2, -0.15) is 13.2 Å². The first-order chi connectivity index (χ1) is 13.8. The summed E-state index contributed by atoms with van der Waals surface area (Å²) in [6.07, 6.45) is -0.420. The fourth-order valence-corrected chi connectivity index (χ4v) is 4.72. The maximum atomic E-state index is 12.9. The van der Waals surface area contributed by atoms with Gasteiger partial charge in [-0.05, 0) is 56.0 Å². The molecular weight excluding hydrogens is 403 g/mol. The summed E-state index contributed by atoms with van der Waals surface area (Å²) >= 11 is 5.73. The lowest BCUT2D eigenvalue weighted by Crippen LogP contribution is -2.44. The van der Waals surface area contributed by atoms with E-state index in [1.165, 1.54) is 17.7 Å². The Kier molecular flexibility index (Phi) is 4.40. The van der Waals surface area contributed by atoms with Crippen LogP contribution in [-0.4, -0.2) is 47.1 Å². The van der Waals surface area contributed by atoms with Gasteiger partial charge in [-0.15, -0.1) is 0 Å². The molecule has 2 atom stereocenters. The number of likely N-dealkylation sites (tertiary alicyclic amines) is 1. The van der Waals surface area contributed by atoms with E-state index in [0.717, 1.165) is 37.8 Å². The minimum Gasteiger partial charge on any atom is -0.366 e. The van der Waals surface area contributed by atoms with E-state index >= 15 is 0 Å². The molecule has 1 aliphatic carbocycles. The standard InChI is InChI=1S/C20H21ClF3N5/c1-28-9-14-6-13(28)10-29(14)12-4-5-17(15(7-12)11-2-3-11)26-19-25-8-16(18(21)27-19)20(22,23)24/h4-5,7-8,11,13-14H,2-3,6,9-10H2,1H3,(H,25,26,27)/t13-,14-/m0/s1. The molecule has 9 heteroatoms. The molecule has 0 unspecified atom stereocenters. The molecule has 2 saturated heterocycles. The van der Waals surface area contributed by atoms with Crippen molar-refractivity contribution < 1.29 is 13.2 Å². The Morgan fingerprint density at radius 1 is 1.17 bits per heavy atom. The molecule has 1 aromatic heterocycles. The molecule has 1 saturated carbocycles. The Bertz CT molecular complexity index is 944. The van der Waals surface area contributed by atoms with E-state index in [2.05, 4.69) is 44.3 Å². The lowest BCUT2D eigenvalue weighted by Gasteiger charge is -2.34. The molecule has 3 heterocycles. The van der Waals surface area contributed by atoms with Crippen LogP contribution in [0.3, 0.4) is 0 Å². The molecule has 3 aliphatic rings. The normalized spacial score (nSPS) is 24.4. The van der Waals surface area contributed by atoms with Gasteiger partial charge < -0.3 is 10.2 Å². The number of rotatable bonds is 4. The van der Waals surface area contributed by atoms with Gasteiger partial charge in [0, 0.05) is 42.7 Å². The molecule has 2 aromatic rings. The number of anilines is 3. The van der Waals surface area contributed by atoms with Crippen LogP contribution in [0.5, 0.6) is 0 Å². The van der Waals surface area contributed by atoms with Crippen molar-refractivity contribution in [2.24, 2.45) is 0 Å². The maximum absolute atomic E-state index is 12.9. The highest BCUT2D eigenvalue weighted by Crippen LogP contribution is 2.46. The summed E-state index contributed by atoms with van der Waals surface area (Å²) in [4.78, 5) is 12.5. The number of halogens is 4. The summed E-state index contributed by atoms with van der Waals surface area (Å²) in [5.41, 5.74) is 2.17. The fourth-order valence-electron chi connectivity index (χ4n) is 4.49. The van der Waals surface area contributed by atoms with Crippen LogP contribution in [0.1, 0.15) is 36.3 Å². The third-order valence-electron chi connectivity index (χ3n) is 6.19. The number of benzene rings is 1. The zero-order valence-corrected chi connectivity index (χ0v) is 16.6. The predicted molar refractivity (Wildman–Crippen MR) is 106 cm³/mol. The molecule has 29 heavy (non-hydrogen) atoms. The molecule has 1 N–H and O–H groups in total. The van der Waals surface area contributed by atoms with Crippen LogP contribution in [0.4, 0.5) is 30.5 Å². The monoisotopic (exact) mass is 423 g/mol. The van der Waals surface area contributed by atoms with Gasteiger partial charge in [0.25, 0.3) is 0 Å². The van der Waals surface area contributed by atoms with Crippen LogP contribution in [0.25, 0.3) is 0 Å². The van der Waals surface area contributed by atoms with Crippen LogP contribution in [0.15, 0.2) is 24.4 Å². The van der Waals surface area contributed by atoms with Crippen molar-refractivity contribution in [1.82, 2.24) is 14.9 Å². The highest BCUT2D eigenvalue weighted by atomic mass is 35.5. The van der Waals surface area contributed by atoms with Crippen LogP contribution >= 0.6 is 11.6 Å². The van der Waals surface area contributed by atoms with Crippen LogP contribution < -0.4 is 10.2 Å². The van der Waals surface area contributed by atoms with Crippen molar-refractivity contribution in [2.75, 3.05) is 30.4 Å². The molecule has 2 bridgehead atoms. The van der Waals surface area contributed by atoms with Crippen molar-refractivity contribution in [3.05, 3.63) is 40.7 Å². The van der Waals surface area contributed by atoms with Crippen molar-refractivity contribution in [3.8, 4) is 0 Å². The first-order valence-electron chi connectivity index (χ1n) is 9.77. The quantitative estimate of drug-likeness (QED) is 0.724.